The Hall–Kier alpha value is -2.60. The number of hydrogen-bond donors (Lipinski definition) is 2. The summed E-state index contributed by atoms with van der Waals surface area (Å²) >= 11 is 0. The molecule has 1 heterocycles. The largest absolute Gasteiger partial charge is 0.506 e. The van der Waals surface area contributed by atoms with E-state index in [0.29, 0.717) is 0 Å². The monoisotopic (exact) mass is 371 g/mol. The van der Waals surface area contributed by atoms with Gasteiger partial charge in [-0.3, -0.25) is 9.69 Å². The van der Waals surface area contributed by atoms with Crippen molar-refractivity contribution in [3.05, 3.63) is 59.9 Å². The van der Waals surface area contributed by atoms with Crippen LogP contribution in [0.5, 0.6) is 5.75 Å². The third-order valence-electron chi connectivity index (χ3n) is 5.19. The number of nitrogens with zero attached hydrogens (tertiary/aromatic N) is 2. The van der Waals surface area contributed by atoms with Crippen molar-refractivity contribution in [1.82, 2.24) is 10.2 Å². The summed E-state index contributed by atoms with van der Waals surface area (Å²) in [6.07, 6.45) is 0. The maximum absolute atomic E-state index is 13.0. The van der Waals surface area contributed by atoms with Gasteiger partial charge in [0.25, 0.3) is 0 Å². The molecule has 5 nitrogen and oxygen atoms in total. The topological polar surface area (TPSA) is 55.8 Å². The molecule has 1 amide bonds. The van der Waals surface area contributed by atoms with Crippen molar-refractivity contribution in [2.45, 2.75) is 25.9 Å². The van der Waals surface area contributed by atoms with Crippen LogP contribution in [0.25, 0.3) is 0 Å². The van der Waals surface area contributed by atoms with Crippen LogP contribution in [0.3, 0.4) is 0 Å². The van der Waals surface area contributed by atoms with Crippen LogP contribution < -0.4 is 10.2 Å². The van der Waals surface area contributed by atoms with Gasteiger partial charge in [-0.15, -0.1) is 0 Å². The van der Waals surface area contributed by atoms with Crippen molar-refractivity contribution < 1.29 is 14.3 Å². The van der Waals surface area contributed by atoms with E-state index in [9.17, 15) is 14.3 Å². The second-order valence-electron chi connectivity index (χ2n) is 6.97. The second-order valence-corrected chi connectivity index (χ2v) is 6.97. The van der Waals surface area contributed by atoms with Gasteiger partial charge in [0.15, 0.2) is 0 Å². The average Bonchev–Trinajstić information content (AvgIpc) is 2.68. The van der Waals surface area contributed by atoms with Crippen molar-refractivity contribution in [2.24, 2.45) is 0 Å². The molecule has 1 saturated heterocycles. The van der Waals surface area contributed by atoms with E-state index in [4.69, 9.17) is 0 Å². The van der Waals surface area contributed by atoms with E-state index in [-0.39, 0.29) is 29.6 Å². The van der Waals surface area contributed by atoms with E-state index in [0.717, 1.165) is 37.4 Å². The Morgan fingerprint density at radius 3 is 2.30 bits per heavy atom. The van der Waals surface area contributed by atoms with E-state index in [1.165, 1.54) is 12.1 Å². The maximum Gasteiger partial charge on any atom is 0.237 e. The summed E-state index contributed by atoms with van der Waals surface area (Å²) in [5.41, 5.74) is 1.71. The summed E-state index contributed by atoms with van der Waals surface area (Å²) < 4.78 is 13.0. The Morgan fingerprint density at radius 1 is 1.04 bits per heavy atom. The van der Waals surface area contributed by atoms with Gasteiger partial charge in [-0.05, 0) is 43.7 Å². The second kappa shape index (κ2) is 8.39. The zero-order valence-corrected chi connectivity index (χ0v) is 15.7. The molecule has 1 aliphatic heterocycles. The van der Waals surface area contributed by atoms with E-state index in [2.05, 4.69) is 15.1 Å². The Kier molecular flexibility index (Phi) is 5.96. The van der Waals surface area contributed by atoms with Crippen LogP contribution in [0.15, 0.2) is 48.5 Å². The number of aromatic hydroxyl groups is 1. The Labute approximate surface area is 159 Å². The minimum Gasteiger partial charge on any atom is -0.506 e. The highest BCUT2D eigenvalue weighted by molar-refractivity contribution is 5.81. The SMILES string of the molecule is CC(NC(=O)C(C)N1CCN(c2ccccc2O)CC1)c1ccc(F)cc1. The van der Waals surface area contributed by atoms with Crippen LogP contribution in [0.1, 0.15) is 25.5 Å². The predicted octanol–water partition coefficient (Wildman–Crippen LogP) is 2.92. The highest BCUT2D eigenvalue weighted by Crippen LogP contribution is 2.27. The summed E-state index contributed by atoms with van der Waals surface area (Å²) in [7, 11) is 0. The van der Waals surface area contributed by atoms with E-state index in [1.807, 2.05) is 32.0 Å². The van der Waals surface area contributed by atoms with Gasteiger partial charge in [-0.2, -0.15) is 0 Å². The number of nitrogens with one attached hydrogen (secondary N) is 1. The Bertz CT molecular complexity index is 773. The average molecular weight is 371 g/mol. The van der Waals surface area contributed by atoms with Crippen LogP contribution in [0.2, 0.25) is 0 Å². The number of halogens is 1. The molecule has 2 aromatic rings. The fraction of sp³-hybridized carbons (Fsp3) is 0.381. The van der Waals surface area contributed by atoms with E-state index in [1.54, 1.807) is 18.2 Å². The molecule has 2 aromatic carbocycles. The molecule has 2 N–H and O–H groups in total. The van der Waals surface area contributed by atoms with Crippen LogP contribution in [-0.4, -0.2) is 48.1 Å². The quantitative estimate of drug-likeness (QED) is 0.849. The number of rotatable bonds is 5. The van der Waals surface area contributed by atoms with Crippen LogP contribution in [0, 0.1) is 5.82 Å². The number of phenols is 1. The number of hydrogen-bond acceptors (Lipinski definition) is 4. The zero-order chi connectivity index (χ0) is 19.4. The fourth-order valence-electron chi connectivity index (χ4n) is 3.42. The number of anilines is 1. The lowest BCUT2D eigenvalue weighted by Crippen LogP contribution is -2.54. The molecule has 0 radical (unpaired) electrons. The first-order valence-electron chi connectivity index (χ1n) is 9.28. The minimum atomic E-state index is -0.284. The molecule has 1 fully saturated rings. The van der Waals surface area contributed by atoms with Crippen LogP contribution >= 0.6 is 0 Å². The van der Waals surface area contributed by atoms with Gasteiger partial charge in [-0.25, -0.2) is 4.39 Å². The van der Waals surface area contributed by atoms with Crippen molar-refractivity contribution in [1.29, 1.82) is 0 Å². The van der Waals surface area contributed by atoms with Crippen molar-refractivity contribution in [3.8, 4) is 5.75 Å². The fourth-order valence-corrected chi connectivity index (χ4v) is 3.42. The zero-order valence-electron chi connectivity index (χ0n) is 15.7. The molecule has 2 atom stereocenters. The summed E-state index contributed by atoms with van der Waals surface area (Å²) in [5, 5.41) is 13.0. The van der Waals surface area contributed by atoms with Crippen LogP contribution in [0.4, 0.5) is 10.1 Å². The standard InChI is InChI=1S/C21H26FN3O2/c1-15(17-7-9-18(22)10-8-17)23-21(27)16(2)24-11-13-25(14-12-24)19-5-3-4-6-20(19)26/h3-10,15-16,26H,11-14H2,1-2H3,(H,23,27). The lowest BCUT2D eigenvalue weighted by atomic mass is 10.1. The highest BCUT2D eigenvalue weighted by atomic mass is 19.1. The molecule has 144 valence electrons. The molecule has 27 heavy (non-hydrogen) atoms. The minimum absolute atomic E-state index is 0.0390. The Balaban J connectivity index is 1.54. The molecule has 0 aliphatic carbocycles. The molecule has 0 aromatic heterocycles. The lowest BCUT2D eigenvalue weighted by Gasteiger charge is -2.38. The lowest BCUT2D eigenvalue weighted by molar-refractivity contribution is -0.126. The smallest absolute Gasteiger partial charge is 0.237 e. The highest BCUT2D eigenvalue weighted by Gasteiger charge is 2.27. The van der Waals surface area contributed by atoms with Crippen molar-refractivity contribution in [2.75, 3.05) is 31.1 Å². The third-order valence-corrected chi connectivity index (χ3v) is 5.19. The summed E-state index contributed by atoms with van der Waals surface area (Å²) in [6, 6.07) is 13.1. The van der Waals surface area contributed by atoms with Gasteiger partial charge in [0.2, 0.25) is 5.91 Å². The van der Waals surface area contributed by atoms with Gasteiger partial charge >= 0.3 is 0 Å². The molecule has 1 aliphatic rings. The van der Waals surface area contributed by atoms with Crippen LogP contribution in [-0.2, 0) is 4.79 Å². The maximum atomic E-state index is 13.0. The molecule has 0 bridgehead atoms. The van der Waals surface area contributed by atoms with Gasteiger partial charge in [-0.1, -0.05) is 24.3 Å². The first kappa shape index (κ1) is 19.2. The number of piperazine rings is 1. The van der Waals surface area contributed by atoms with E-state index >= 15 is 0 Å². The van der Waals surface area contributed by atoms with Gasteiger partial charge in [0.1, 0.15) is 11.6 Å². The molecular formula is C21H26FN3O2. The van der Waals surface area contributed by atoms with Crippen molar-refractivity contribution >= 4 is 11.6 Å². The third kappa shape index (κ3) is 4.57. The summed E-state index contributed by atoms with van der Waals surface area (Å²) in [4.78, 5) is 16.9. The Morgan fingerprint density at radius 2 is 1.67 bits per heavy atom. The number of para-hydroxylation sites is 2. The first-order chi connectivity index (χ1) is 13.0. The van der Waals surface area contributed by atoms with Gasteiger partial charge < -0.3 is 15.3 Å². The molecular weight excluding hydrogens is 345 g/mol. The number of carbonyl (C=O) groups is 1. The number of benzene rings is 2. The van der Waals surface area contributed by atoms with E-state index < -0.39 is 0 Å². The predicted molar refractivity (Wildman–Crippen MR) is 104 cm³/mol. The molecule has 2 unspecified atom stereocenters. The molecule has 0 spiro atoms. The van der Waals surface area contributed by atoms with Gasteiger partial charge in [0.05, 0.1) is 17.8 Å². The molecule has 3 rings (SSSR count). The summed E-state index contributed by atoms with van der Waals surface area (Å²) in [6.45, 7) is 6.80. The first-order valence-corrected chi connectivity index (χ1v) is 9.28. The normalized spacial score (nSPS) is 17.4. The number of phenolic OH excluding ortho intramolecular Hbond substituents is 1. The molecule has 6 heteroatoms. The number of carbonyl (C=O) groups excluding carboxylic acids is 1. The summed E-state index contributed by atoms with van der Waals surface area (Å²) in [5.74, 6) is -0.0411. The molecule has 0 saturated carbocycles. The number of amides is 1. The van der Waals surface area contributed by atoms with Gasteiger partial charge in [0, 0.05) is 26.2 Å². The van der Waals surface area contributed by atoms with Crippen molar-refractivity contribution in [3.63, 3.8) is 0 Å².